The van der Waals surface area contributed by atoms with Gasteiger partial charge in [-0.3, -0.25) is 9.11 Å². The Kier molecular flexibility index (Phi) is 7.59. The second-order valence-corrected chi connectivity index (χ2v) is 18.1. The lowest BCUT2D eigenvalue weighted by molar-refractivity contribution is 0.481. The summed E-state index contributed by atoms with van der Waals surface area (Å²) in [5.74, 6) is 0. The molecule has 0 aliphatic heterocycles. The second-order valence-electron chi connectivity index (χ2n) is 14.4. The van der Waals surface area contributed by atoms with Crippen molar-refractivity contribution in [2.45, 2.75) is 21.6 Å². The number of nitrogens with zero attached hydrogens (tertiary/aromatic N) is 8. The normalized spacial score (nSPS) is 13.8. The first-order chi connectivity index (χ1) is 28.8. The Balaban J connectivity index is 0.842. The van der Waals surface area contributed by atoms with Crippen LogP contribution in [0.15, 0.2) is 146 Å². The van der Waals surface area contributed by atoms with Crippen molar-refractivity contribution in [2.75, 3.05) is 0 Å². The lowest BCUT2D eigenvalue weighted by atomic mass is 10.1. The van der Waals surface area contributed by atoms with Crippen LogP contribution in [0.1, 0.15) is 16.7 Å². The summed E-state index contributed by atoms with van der Waals surface area (Å²) < 4.78 is 98.5. The number of hydrogen-bond donors (Lipinski definition) is 3. The third-order valence-corrected chi connectivity index (χ3v) is 13.2. The zero-order valence-electron chi connectivity index (χ0n) is 30.9. The van der Waals surface area contributed by atoms with Gasteiger partial charge in [0.2, 0.25) is 0 Å². The van der Waals surface area contributed by atoms with Gasteiger partial charge in [0.25, 0.3) is 20.2 Å². The maximum absolute atomic E-state index is 12.6. The summed E-state index contributed by atoms with van der Waals surface area (Å²) in [6, 6.07) is 35.1. The molecular weight excluding hydrogens is 829 g/mol. The molecule has 11 rings (SSSR count). The molecule has 7 aromatic carbocycles. The van der Waals surface area contributed by atoms with Gasteiger partial charge in [-0.15, -0.1) is 23.3 Å². The number of fused-ring (bicyclic) bond motifs is 12. The molecule has 298 valence electrons. The van der Waals surface area contributed by atoms with Crippen molar-refractivity contribution in [1.82, 2.24) is 28.1 Å². The highest BCUT2D eigenvalue weighted by Crippen LogP contribution is 2.38. The van der Waals surface area contributed by atoms with E-state index in [-0.39, 0.29) is 14.7 Å². The third-order valence-electron chi connectivity index (χ3n) is 10.8. The fourth-order valence-electron chi connectivity index (χ4n) is 7.83. The zero-order valence-corrected chi connectivity index (χ0v) is 33.3. The molecule has 0 aliphatic rings. The molecule has 0 saturated heterocycles. The molecule has 0 radical (unpaired) electrons. The average Bonchev–Trinajstić information content (AvgIpc) is 4.08. The Morgan fingerprint density at radius 3 is 2.03 bits per heavy atom. The maximum Gasteiger partial charge on any atom is 0.295 e. The Morgan fingerprint density at radius 1 is 0.633 bits per heavy atom. The molecule has 11 aromatic rings. The van der Waals surface area contributed by atoms with Crippen LogP contribution in [0.5, 0.6) is 0 Å². The highest BCUT2D eigenvalue weighted by Gasteiger charge is 2.30. The second kappa shape index (κ2) is 12.6. The minimum atomic E-state index is -4.58. The van der Waals surface area contributed by atoms with Gasteiger partial charge >= 0.3 is 0 Å². The largest absolute Gasteiger partial charge is 0.302 e. The van der Waals surface area contributed by atoms with Gasteiger partial charge in [-0.05, 0) is 95.1 Å². The van der Waals surface area contributed by atoms with Gasteiger partial charge in [0.15, 0.2) is 11.1 Å². The van der Waals surface area contributed by atoms with Gasteiger partial charge in [0, 0.05) is 10.8 Å². The van der Waals surface area contributed by atoms with Gasteiger partial charge in [0.05, 0.1) is 26.9 Å². The quantitative estimate of drug-likeness (QED) is 0.0556. The number of aryl methyl sites for hydroxylation is 1. The topological polar surface area (TPSA) is 198 Å². The minimum absolute atomic E-state index is 0.0982. The molecule has 3 N–H and O–H groups in total. The van der Waals surface area contributed by atoms with Gasteiger partial charge in [-0.2, -0.15) is 31.9 Å². The van der Waals surface area contributed by atoms with E-state index in [1.807, 2.05) is 50.5 Å². The molecule has 16 nitrogen and oxygen atoms in total. The molecule has 60 heavy (non-hydrogen) atoms. The van der Waals surface area contributed by atoms with Crippen LogP contribution >= 0.6 is 0 Å². The summed E-state index contributed by atoms with van der Waals surface area (Å²) in [4.78, 5) is 3.22. The highest BCUT2D eigenvalue weighted by molar-refractivity contribution is 7.86. The van der Waals surface area contributed by atoms with E-state index in [9.17, 15) is 34.7 Å². The fraction of sp³-hybridized carbons (Fsp3) is 0.0244. The minimum Gasteiger partial charge on any atom is -0.302 e. The highest BCUT2D eigenvalue weighted by atomic mass is 32.2. The Hall–Kier alpha value is -6.87. The molecule has 19 heteroatoms. The van der Waals surface area contributed by atoms with E-state index in [0.717, 1.165) is 43.8 Å². The molecule has 1 atom stereocenters. The number of rotatable bonds is 9. The van der Waals surface area contributed by atoms with Crippen molar-refractivity contribution in [1.29, 1.82) is 0 Å². The number of azo groups is 1. The predicted octanol–water partition coefficient (Wildman–Crippen LogP) is 8.43. The lowest BCUT2D eigenvalue weighted by Crippen LogP contribution is -2.02. The smallest absolute Gasteiger partial charge is 0.295 e. The van der Waals surface area contributed by atoms with Gasteiger partial charge in [-0.25, -0.2) is 4.21 Å². The summed E-state index contributed by atoms with van der Waals surface area (Å²) in [6.45, 7) is 1.81. The Bertz CT molecular complexity index is 3880. The van der Waals surface area contributed by atoms with E-state index in [1.54, 1.807) is 93.8 Å². The molecule has 4 aromatic heterocycles. The van der Waals surface area contributed by atoms with E-state index in [1.165, 1.54) is 24.3 Å². The Labute approximate surface area is 341 Å². The summed E-state index contributed by atoms with van der Waals surface area (Å²) in [5.41, 5.74) is 7.21. The van der Waals surface area contributed by atoms with Crippen LogP contribution in [0.4, 0.5) is 11.4 Å². The summed E-state index contributed by atoms with van der Waals surface area (Å²) in [5, 5.41) is 12.2. The van der Waals surface area contributed by atoms with Crippen LogP contribution in [-0.2, 0) is 31.3 Å². The molecule has 0 aliphatic carbocycles. The number of aromatic nitrogens is 6. The molecule has 0 bridgehead atoms. The first-order valence-corrected chi connectivity index (χ1v) is 22.2. The first-order valence-electron chi connectivity index (χ1n) is 18.2. The van der Waals surface area contributed by atoms with Crippen molar-refractivity contribution >= 4 is 98.5 Å². The van der Waals surface area contributed by atoms with E-state index < -0.39 is 31.3 Å². The molecule has 0 saturated carbocycles. The zero-order chi connectivity index (χ0) is 41.4. The van der Waals surface area contributed by atoms with Crippen molar-refractivity contribution in [3.63, 3.8) is 0 Å². The summed E-state index contributed by atoms with van der Waals surface area (Å²) in [7, 11) is -8.95. The van der Waals surface area contributed by atoms with Crippen LogP contribution in [0, 0.1) is 6.92 Å². The maximum atomic E-state index is 12.6. The molecule has 0 fully saturated rings. The van der Waals surface area contributed by atoms with Gasteiger partial charge < -0.3 is 4.55 Å². The van der Waals surface area contributed by atoms with E-state index in [2.05, 4.69) is 10.2 Å². The van der Waals surface area contributed by atoms with Crippen molar-refractivity contribution < 1.29 is 34.7 Å². The third kappa shape index (κ3) is 5.55. The van der Waals surface area contributed by atoms with Gasteiger partial charge in [-0.1, -0.05) is 72.8 Å². The van der Waals surface area contributed by atoms with E-state index in [4.69, 9.17) is 0 Å². The van der Waals surface area contributed by atoms with Crippen LogP contribution in [0.3, 0.4) is 0 Å². The SMILES string of the molecule is Cc1cc(-n2n3c4ccc5cc(S(=O)(=O)O)ccc5c4n23)c(S(=O)O)cc1N=Nc1ccc(C=Cc2ccc(-n3n4c5ccc6ccccc6c5n34)cc2S(=O)(=O)O)cc1. The van der Waals surface area contributed by atoms with Crippen LogP contribution in [0.2, 0.25) is 0 Å². The van der Waals surface area contributed by atoms with E-state index in [0.29, 0.717) is 39.3 Å². The van der Waals surface area contributed by atoms with Crippen LogP contribution in [0.25, 0.3) is 67.1 Å². The van der Waals surface area contributed by atoms with Crippen molar-refractivity contribution in [3.05, 3.63) is 138 Å². The first kappa shape index (κ1) is 36.2. The van der Waals surface area contributed by atoms with E-state index >= 15 is 0 Å². The number of benzene rings is 7. The fourth-order valence-corrected chi connectivity index (χ4v) is 9.58. The average molecular weight is 857 g/mol. The van der Waals surface area contributed by atoms with Gasteiger partial charge in [0.1, 0.15) is 32.6 Å². The standard InChI is InChI=1S/C41H28N8O8S3/c1-24-20-37(47-46-36-19-12-28-21-31(59(52,53)54)16-17-33(28)41(36)49(46)47)38(58(50)51)23-34(24)43-42-29-13-7-25(8-14-29)6-9-27-10-15-30(22-39(27)60(55,56)57)44-45-35-18-11-26-4-2-3-5-32(26)40(35)48(44)45/h2-23H,1H3,(H,50,51)(H,52,53,54)(H,55,56,57). The monoisotopic (exact) mass is 856 g/mol. The molecular formula is C41H28N8O8S3. The summed E-state index contributed by atoms with van der Waals surface area (Å²) in [6.07, 6.45) is 3.33. The van der Waals surface area contributed by atoms with Crippen LogP contribution < -0.4 is 0 Å². The predicted molar refractivity (Wildman–Crippen MR) is 226 cm³/mol. The van der Waals surface area contributed by atoms with Crippen molar-refractivity contribution in [2.24, 2.45) is 10.2 Å². The number of hydrogen-bond acceptors (Lipinski definition) is 7. The van der Waals surface area contributed by atoms with Crippen LogP contribution in [-0.4, -0.2) is 62.8 Å². The molecule has 0 spiro atoms. The lowest BCUT2D eigenvalue weighted by Gasteiger charge is -2.06. The molecule has 1 unspecified atom stereocenters. The molecule has 4 heterocycles. The molecule has 0 amide bonds. The Morgan fingerprint density at radius 2 is 1.32 bits per heavy atom. The van der Waals surface area contributed by atoms with Crippen molar-refractivity contribution in [3.8, 4) is 11.4 Å². The summed E-state index contributed by atoms with van der Waals surface area (Å²) >= 11 is -2.40.